The van der Waals surface area contributed by atoms with Gasteiger partial charge in [0.05, 0.1) is 0 Å². The number of hydrogen-bond donors (Lipinski definition) is 2. The molecule has 120 valence electrons. The first kappa shape index (κ1) is 20.0. The van der Waals surface area contributed by atoms with Gasteiger partial charge in [0.25, 0.3) is 0 Å². The minimum absolute atomic E-state index is 0. The number of hydrogen-bond acceptors (Lipinski definition) is 4. The van der Waals surface area contributed by atoms with Crippen LogP contribution in [0.4, 0.5) is 0 Å². The summed E-state index contributed by atoms with van der Waals surface area (Å²) in [5.74, 6) is 0.188. The molecule has 1 saturated heterocycles. The Morgan fingerprint density at radius 2 is 1.90 bits per heavy atom. The van der Waals surface area contributed by atoms with Gasteiger partial charge in [0, 0.05) is 30.9 Å². The van der Waals surface area contributed by atoms with Crippen molar-refractivity contribution in [2.24, 2.45) is 5.73 Å². The van der Waals surface area contributed by atoms with Crippen molar-refractivity contribution in [1.29, 1.82) is 0 Å². The van der Waals surface area contributed by atoms with Gasteiger partial charge in [0.1, 0.15) is 0 Å². The van der Waals surface area contributed by atoms with E-state index >= 15 is 0 Å². The lowest BCUT2D eigenvalue weighted by Gasteiger charge is -2.35. The Kier molecular flexibility index (Phi) is 11.7. The Morgan fingerprint density at radius 3 is 2.50 bits per heavy atom. The van der Waals surface area contributed by atoms with Gasteiger partial charge in [0.2, 0.25) is 5.91 Å². The van der Waals surface area contributed by atoms with E-state index in [1.165, 1.54) is 0 Å². The van der Waals surface area contributed by atoms with Crippen molar-refractivity contribution in [2.45, 2.75) is 49.7 Å². The summed E-state index contributed by atoms with van der Waals surface area (Å²) in [5.41, 5.74) is 5.44. The minimum atomic E-state index is 0. The molecule has 0 aromatic carbocycles. The number of nitrogens with one attached hydrogen (secondary N) is 1. The third kappa shape index (κ3) is 7.72. The van der Waals surface area contributed by atoms with E-state index in [0.717, 1.165) is 64.8 Å². The molecule has 0 unspecified atom stereocenters. The zero-order chi connectivity index (χ0) is 14.0. The Balaban J connectivity index is 0.00000361. The first-order chi connectivity index (χ1) is 9.22. The molecule has 0 aliphatic carbocycles. The van der Waals surface area contributed by atoms with Crippen LogP contribution in [0, 0.1) is 0 Å². The number of thioether (sulfide) groups is 1. The number of nitrogens with two attached hydrogens (primary N) is 1. The van der Waals surface area contributed by atoms with Gasteiger partial charge in [-0.2, -0.15) is 11.8 Å². The Hall–Kier alpha value is 0.0300. The normalized spacial score (nSPS) is 17.3. The molecule has 0 aromatic heterocycles. The maximum atomic E-state index is 11.8. The lowest BCUT2D eigenvalue weighted by Crippen LogP contribution is -2.44. The Bertz CT molecular complexity index is 262. The van der Waals surface area contributed by atoms with Crippen LogP contribution in [0.25, 0.3) is 0 Å². The van der Waals surface area contributed by atoms with E-state index in [1.807, 2.05) is 11.8 Å². The summed E-state index contributed by atoms with van der Waals surface area (Å²) < 4.78 is 5.59. The summed E-state index contributed by atoms with van der Waals surface area (Å²) in [6.45, 7) is 3.16. The lowest BCUT2D eigenvalue weighted by atomic mass is 9.99. The summed E-state index contributed by atoms with van der Waals surface area (Å²) >= 11 is 1.86. The van der Waals surface area contributed by atoms with Gasteiger partial charge in [0.15, 0.2) is 0 Å². The standard InChI is InChI=1S/C14H28N2O2S.ClH/c1-19-14(7-10-18-11-8-14)12-16-13(17)6-4-2-3-5-9-15;/h2-12,15H2,1H3,(H,16,17);1H. The summed E-state index contributed by atoms with van der Waals surface area (Å²) in [6.07, 6.45) is 9.12. The fourth-order valence-corrected chi connectivity index (χ4v) is 3.12. The van der Waals surface area contributed by atoms with Crippen LogP contribution in [0.5, 0.6) is 0 Å². The van der Waals surface area contributed by atoms with Crippen LogP contribution >= 0.6 is 24.2 Å². The molecule has 6 heteroatoms. The molecule has 20 heavy (non-hydrogen) atoms. The molecule has 1 aliphatic heterocycles. The van der Waals surface area contributed by atoms with Crippen LogP contribution in [-0.4, -0.2) is 43.2 Å². The number of carbonyl (C=O) groups excluding carboxylic acids is 1. The molecule has 0 radical (unpaired) electrons. The number of amides is 1. The van der Waals surface area contributed by atoms with Crippen LogP contribution in [0.15, 0.2) is 0 Å². The molecule has 4 nitrogen and oxygen atoms in total. The number of carbonyl (C=O) groups is 1. The largest absolute Gasteiger partial charge is 0.381 e. The fourth-order valence-electron chi connectivity index (χ4n) is 2.33. The summed E-state index contributed by atoms with van der Waals surface area (Å²) in [5, 5.41) is 3.10. The van der Waals surface area contributed by atoms with E-state index in [0.29, 0.717) is 6.42 Å². The molecule has 3 N–H and O–H groups in total. The number of ether oxygens (including phenoxy) is 1. The van der Waals surface area contributed by atoms with Crippen LogP contribution in [0.2, 0.25) is 0 Å². The highest BCUT2D eigenvalue weighted by Crippen LogP contribution is 2.32. The summed E-state index contributed by atoms with van der Waals surface area (Å²) in [4.78, 5) is 11.8. The third-order valence-corrected chi connectivity index (χ3v) is 5.22. The minimum Gasteiger partial charge on any atom is -0.381 e. The summed E-state index contributed by atoms with van der Waals surface area (Å²) in [7, 11) is 0. The van der Waals surface area contributed by atoms with E-state index in [-0.39, 0.29) is 23.1 Å². The van der Waals surface area contributed by atoms with Gasteiger partial charge < -0.3 is 15.8 Å². The maximum Gasteiger partial charge on any atom is 0.220 e. The Labute approximate surface area is 133 Å². The fraction of sp³-hybridized carbons (Fsp3) is 0.929. The molecule has 1 aliphatic rings. The predicted molar refractivity (Wildman–Crippen MR) is 88.7 cm³/mol. The average Bonchev–Trinajstić information content (AvgIpc) is 2.46. The van der Waals surface area contributed by atoms with Gasteiger partial charge in [-0.05, 0) is 38.5 Å². The quantitative estimate of drug-likeness (QED) is 0.639. The van der Waals surface area contributed by atoms with Gasteiger partial charge in [-0.1, -0.05) is 12.8 Å². The second-order valence-corrected chi connectivity index (χ2v) is 6.50. The van der Waals surface area contributed by atoms with Crippen molar-refractivity contribution < 1.29 is 9.53 Å². The second kappa shape index (κ2) is 11.7. The molecule has 0 saturated carbocycles. The molecular formula is C14H29ClN2O2S. The zero-order valence-corrected chi connectivity index (χ0v) is 14.1. The van der Waals surface area contributed by atoms with Crippen LogP contribution in [-0.2, 0) is 9.53 Å². The van der Waals surface area contributed by atoms with Crippen LogP contribution < -0.4 is 11.1 Å². The first-order valence-corrected chi connectivity index (χ1v) is 8.54. The van der Waals surface area contributed by atoms with Crippen LogP contribution in [0.1, 0.15) is 44.9 Å². The van der Waals surface area contributed by atoms with Crippen LogP contribution in [0.3, 0.4) is 0 Å². The van der Waals surface area contributed by atoms with E-state index in [1.54, 1.807) is 0 Å². The summed E-state index contributed by atoms with van der Waals surface area (Å²) in [6, 6.07) is 0. The maximum absolute atomic E-state index is 11.8. The molecule has 1 rings (SSSR count). The molecule has 0 aromatic rings. The first-order valence-electron chi connectivity index (χ1n) is 7.32. The van der Waals surface area contributed by atoms with E-state index in [2.05, 4.69) is 11.6 Å². The molecular weight excluding hydrogens is 296 g/mol. The van der Waals surface area contributed by atoms with Crippen molar-refractivity contribution in [3.8, 4) is 0 Å². The second-order valence-electron chi connectivity index (χ2n) is 5.23. The van der Waals surface area contributed by atoms with E-state index in [4.69, 9.17) is 10.5 Å². The highest BCUT2D eigenvalue weighted by Gasteiger charge is 2.31. The Morgan fingerprint density at radius 1 is 1.25 bits per heavy atom. The van der Waals surface area contributed by atoms with E-state index in [9.17, 15) is 4.79 Å². The van der Waals surface area contributed by atoms with Crippen molar-refractivity contribution in [3.05, 3.63) is 0 Å². The molecule has 1 amide bonds. The molecule has 1 fully saturated rings. The van der Waals surface area contributed by atoms with Crippen molar-refractivity contribution in [1.82, 2.24) is 5.32 Å². The van der Waals surface area contributed by atoms with Gasteiger partial charge in [-0.3, -0.25) is 4.79 Å². The highest BCUT2D eigenvalue weighted by atomic mass is 35.5. The van der Waals surface area contributed by atoms with Gasteiger partial charge >= 0.3 is 0 Å². The number of rotatable bonds is 9. The molecule has 0 bridgehead atoms. The smallest absolute Gasteiger partial charge is 0.220 e. The predicted octanol–water partition coefficient (Wildman–Crippen LogP) is 2.35. The van der Waals surface area contributed by atoms with E-state index < -0.39 is 0 Å². The monoisotopic (exact) mass is 324 g/mol. The topological polar surface area (TPSA) is 64.4 Å². The lowest BCUT2D eigenvalue weighted by molar-refractivity contribution is -0.121. The number of halogens is 1. The number of unbranched alkanes of at least 4 members (excludes halogenated alkanes) is 3. The average molecular weight is 325 g/mol. The zero-order valence-electron chi connectivity index (χ0n) is 12.5. The van der Waals surface area contributed by atoms with Crippen molar-refractivity contribution in [3.63, 3.8) is 0 Å². The molecule has 0 spiro atoms. The van der Waals surface area contributed by atoms with Crippen molar-refractivity contribution in [2.75, 3.05) is 32.6 Å². The van der Waals surface area contributed by atoms with Gasteiger partial charge in [-0.25, -0.2) is 0 Å². The molecule has 0 atom stereocenters. The SMILES string of the molecule is CSC1(CNC(=O)CCCCCCN)CCOCC1.Cl. The third-order valence-electron chi connectivity index (χ3n) is 3.80. The molecule has 1 heterocycles. The van der Waals surface area contributed by atoms with Gasteiger partial charge in [-0.15, -0.1) is 12.4 Å². The van der Waals surface area contributed by atoms with Crippen molar-refractivity contribution >= 4 is 30.1 Å². The highest BCUT2D eigenvalue weighted by molar-refractivity contribution is 8.00.